The van der Waals surface area contributed by atoms with Crippen LogP contribution in [0.4, 0.5) is 0 Å². The second-order valence-electron chi connectivity index (χ2n) is 8.76. The van der Waals surface area contributed by atoms with Gasteiger partial charge in [-0.05, 0) is 87.0 Å². The molecule has 0 heterocycles. The molecule has 0 aromatic heterocycles. The van der Waals surface area contributed by atoms with Crippen LogP contribution in [-0.4, -0.2) is 12.6 Å². The molecule has 0 amide bonds. The summed E-state index contributed by atoms with van der Waals surface area (Å²) in [7, 11) is 0. The van der Waals surface area contributed by atoms with Crippen LogP contribution >= 0.6 is 0 Å². The molecule has 0 aliphatic heterocycles. The van der Waals surface area contributed by atoms with Gasteiger partial charge in [0.15, 0.2) is 0 Å². The van der Waals surface area contributed by atoms with Crippen LogP contribution in [0.1, 0.15) is 78.6 Å². The van der Waals surface area contributed by atoms with Crippen molar-refractivity contribution in [2.45, 2.75) is 84.6 Å². The second-order valence-corrected chi connectivity index (χ2v) is 8.76. The largest absolute Gasteiger partial charge is 0.314 e. The fraction of sp³-hybridized carbons (Fsp3) is 1.00. The highest BCUT2D eigenvalue weighted by Crippen LogP contribution is 2.50. The van der Waals surface area contributed by atoms with Crippen molar-refractivity contribution in [2.24, 2.45) is 35.5 Å². The van der Waals surface area contributed by atoms with Crippen LogP contribution in [0.15, 0.2) is 0 Å². The predicted molar refractivity (Wildman–Crippen MR) is 91.3 cm³/mol. The topological polar surface area (TPSA) is 12.0 Å². The van der Waals surface area contributed by atoms with Crippen LogP contribution in [-0.2, 0) is 0 Å². The molecule has 1 heteroatoms. The van der Waals surface area contributed by atoms with Crippen LogP contribution in [0.25, 0.3) is 0 Å². The minimum absolute atomic E-state index is 0.823. The van der Waals surface area contributed by atoms with Gasteiger partial charge in [-0.1, -0.05) is 33.6 Å². The van der Waals surface area contributed by atoms with Gasteiger partial charge in [0.25, 0.3) is 0 Å². The molecule has 1 nitrogen and oxygen atoms in total. The third-order valence-corrected chi connectivity index (χ3v) is 7.31. The standard InChI is InChI=1S/C20H37N/c1-4-9-21-20(18-7-5-14(2)15(3)10-18)13-19-12-16-6-8-17(19)11-16/h14-21H,4-13H2,1-3H3. The Hall–Kier alpha value is -0.0400. The minimum atomic E-state index is 0.823. The lowest BCUT2D eigenvalue weighted by atomic mass is 9.70. The molecular weight excluding hydrogens is 254 g/mol. The zero-order valence-corrected chi connectivity index (χ0v) is 14.6. The Kier molecular flexibility index (Phi) is 5.30. The molecule has 1 N–H and O–H groups in total. The summed E-state index contributed by atoms with van der Waals surface area (Å²) in [6.45, 7) is 8.50. The number of fused-ring (bicyclic) bond motifs is 2. The number of rotatable bonds is 6. The lowest BCUT2D eigenvalue weighted by Gasteiger charge is -2.39. The van der Waals surface area contributed by atoms with Crippen LogP contribution in [0.2, 0.25) is 0 Å². The Morgan fingerprint density at radius 3 is 2.43 bits per heavy atom. The van der Waals surface area contributed by atoms with Crippen LogP contribution in [0.3, 0.4) is 0 Å². The van der Waals surface area contributed by atoms with Gasteiger partial charge in [0.05, 0.1) is 0 Å². The first-order valence-corrected chi connectivity index (χ1v) is 9.90. The van der Waals surface area contributed by atoms with Gasteiger partial charge < -0.3 is 5.32 Å². The molecule has 0 aromatic carbocycles. The van der Waals surface area contributed by atoms with Gasteiger partial charge in [0.2, 0.25) is 0 Å². The van der Waals surface area contributed by atoms with E-state index in [0.29, 0.717) is 0 Å². The maximum Gasteiger partial charge on any atom is 0.00981 e. The summed E-state index contributed by atoms with van der Waals surface area (Å²) in [4.78, 5) is 0. The summed E-state index contributed by atoms with van der Waals surface area (Å²) < 4.78 is 0. The van der Waals surface area contributed by atoms with Crippen LogP contribution in [0, 0.1) is 35.5 Å². The van der Waals surface area contributed by atoms with Crippen LogP contribution < -0.4 is 5.32 Å². The minimum Gasteiger partial charge on any atom is -0.314 e. The van der Waals surface area contributed by atoms with Gasteiger partial charge in [-0.2, -0.15) is 0 Å². The van der Waals surface area contributed by atoms with Crippen molar-refractivity contribution in [1.82, 2.24) is 5.32 Å². The third kappa shape index (κ3) is 3.66. The summed E-state index contributed by atoms with van der Waals surface area (Å²) in [6, 6.07) is 0.823. The van der Waals surface area contributed by atoms with Gasteiger partial charge >= 0.3 is 0 Å². The maximum absolute atomic E-state index is 3.96. The lowest BCUT2D eigenvalue weighted by molar-refractivity contribution is 0.146. The second kappa shape index (κ2) is 7.02. The average Bonchev–Trinajstić information content (AvgIpc) is 3.09. The summed E-state index contributed by atoms with van der Waals surface area (Å²) in [5.74, 6) is 6.12. The molecule has 3 aliphatic carbocycles. The van der Waals surface area contributed by atoms with E-state index in [2.05, 4.69) is 26.1 Å². The number of hydrogen-bond acceptors (Lipinski definition) is 1. The number of hydrogen-bond donors (Lipinski definition) is 1. The fourth-order valence-corrected chi connectivity index (χ4v) is 5.72. The van der Waals surface area contributed by atoms with E-state index >= 15 is 0 Å². The highest BCUT2D eigenvalue weighted by Gasteiger charge is 2.41. The van der Waals surface area contributed by atoms with Crippen molar-refractivity contribution in [3.8, 4) is 0 Å². The first kappa shape index (κ1) is 15.8. The predicted octanol–water partition coefficient (Wildman–Crippen LogP) is 5.25. The molecule has 2 bridgehead atoms. The van der Waals surface area contributed by atoms with Gasteiger partial charge in [-0.25, -0.2) is 0 Å². The van der Waals surface area contributed by atoms with E-state index in [1.165, 1.54) is 38.6 Å². The zero-order valence-electron chi connectivity index (χ0n) is 14.6. The Labute approximate surface area is 132 Å². The average molecular weight is 292 g/mol. The molecule has 3 aliphatic rings. The van der Waals surface area contributed by atoms with Gasteiger partial charge in [0.1, 0.15) is 0 Å². The maximum atomic E-state index is 3.96. The van der Waals surface area contributed by atoms with Crippen molar-refractivity contribution in [2.75, 3.05) is 6.54 Å². The highest BCUT2D eigenvalue weighted by atomic mass is 14.9. The van der Waals surface area contributed by atoms with Crippen molar-refractivity contribution < 1.29 is 0 Å². The smallest absolute Gasteiger partial charge is 0.00981 e. The van der Waals surface area contributed by atoms with Gasteiger partial charge in [-0.3, -0.25) is 0 Å². The molecule has 21 heavy (non-hydrogen) atoms. The summed E-state index contributed by atoms with van der Waals surface area (Å²) in [6.07, 6.45) is 13.4. The first-order valence-electron chi connectivity index (χ1n) is 9.90. The molecule has 0 saturated heterocycles. The molecule has 122 valence electrons. The van der Waals surface area contributed by atoms with E-state index in [1.807, 2.05) is 0 Å². The molecule has 3 fully saturated rings. The van der Waals surface area contributed by atoms with Crippen LogP contribution in [0.5, 0.6) is 0 Å². The molecule has 3 rings (SSSR count). The van der Waals surface area contributed by atoms with Crippen molar-refractivity contribution in [3.63, 3.8) is 0 Å². The quantitative estimate of drug-likeness (QED) is 0.704. The Balaban J connectivity index is 1.58. The Morgan fingerprint density at radius 1 is 0.952 bits per heavy atom. The monoisotopic (exact) mass is 291 g/mol. The van der Waals surface area contributed by atoms with E-state index in [9.17, 15) is 0 Å². The number of nitrogens with one attached hydrogen (secondary N) is 1. The molecule has 0 radical (unpaired) electrons. The van der Waals surface area contributed by atoms with Crippen molar-refractivity contribution in [3.05, 3.63) is 0 Å². The molecule has 0 spiro atoms. The van der Waals surface area contributed by atoms with E-state index in [1.54, 1.807) is 25.7 Å². The molecule has 7 unspecified atom stereocenters. The molecule has 7 atom stereocenters. The van der Waals surface area contributed by atoms with E-state index in [0.717, 1.165) is 41.5 Å². The van der Waals surface area contributed by atoms with Crippen molar-refractivity contribution >= 4 is 0 Å². The van der Waals surface area contributed by atoms with Crippen molar-refractivity contribution in [1.29, 1.82) is 0 Å². The van der Waals surface area contributed by atoms with Gasteiger partial charge in [0, 0.05) is 6.04 Å². The van der Waals surface area contributed by atoms with E-state index in [-0.39, 0.29) is 0 Å². The van der Waals surface area contributed by atoms with E-state index < -0.39 is 0 Å². The fourth-order valence-electron chi connectivity index (χ4n) is 5.72. The summed E-state index contributed by atoms with van der Waals surface area (Å²) in [5.41, 5.74) is 0. The summed E-state index contributed by atoms with van der Waals surface area (Å²) in [5, 5.41) is 3.96. The van der Waals surface area contributed by atoms with E-state index in [4.69, 9.17) is 0 Å². The molecule has 3 saturated carbocycles. The Bertz CT molecular complexity index is 326. The Morgan fingerprint density at radius 2 is 1.81 bits per heavy atom. The normalized spacial score (nSPS) is 44.1. The molecular formula is C20H37N. The summed E-state index contributed by atoms with van der Waals surface area (Å²) >= 11 is 0. The zero-order chi connectivity index (χ0) is 14.8. The highest BCUT2D eigenvalue weighted by molar-refractivity contribution is 4.94. The SMILES string of the molecule is CCCNC(CC1CC2CCC1C2)C1CCC(C)C(C)C1. The third-order valence-electron chi connectivity index (χ3n) is 7.31. The van der Waals surface area contributed by atoms with Gasteiger partial charge in [-0.15, -0.1) is 0 Å². The first-order chi connectivity index (χ1) is 10.2. The molecule has 0 aromatic rings. The lowest BCUT2D eigenvalue weighted by Crippen LogP contribution is -2.41.